The Bertz CT molecular complexity index is 308. The molecule has 0 saturated heterocycles. The molecule has 0 aromatic carbocycles. The topological polar surface area (TPSA) is 63.6 Å². The zero-order chi connectivity index (χ0) is 15.2. The zero-order valence-corrected chi connectivity index (χ0v) is 12.8. The van der Waals surface area contributed by atoms with Gasteiger partial charge in [-0.15, -0.1) is 0 Å². The van der Waals surface area contributed by atoms with Gasteiger partial charge in [0, 0.05) is 11.6 Å². The molecule has 0 heterocycles. The maximum absolute atomic E-state index is 11.8. The highest BCUT2D eigenvalue weighted by Crippen LogP contribution is 2.12. The van der Waals surface area contributed by atoms with Gasteiger partial charge in [-0.3, -0.25) is 0 Å². The predicted molar refractivity (Wildman–Crippen MR) is 79.6 cm³/mol. The summed E-state index contributed by atoms with van der Waals surface area (Å²) in [4.78, 5) is 22.6. The van der Waals surface area contributed by atoms with E-state index in [-0.39, 0.29) is 5.57 Å². The van der Waals surface area contributed by atoms with Crippen molar-refractivity contribution >= 4 is 11.9 Å². The van der Waals surface area contributed by atoms with E-state index in [0.717, 1.165) is 57.4 Å². The maximum Gasteiger partial charge on any atom is 0.334 e. The molecule has 0 amide bonds. The molecule has 0 spiro atoms. The molecule has 0 aliphatic rings. The summed E-state index contributed by atoms with van der Waals surface area (Å²) in [6.07, 6.45) is 9.68. The average molecular weight is 284 g/mol. The van der Waals surface area contributed by atoms with Crippen LogP contribution in [0.2, 0.25) is 0 Å². The first kappa shape index (κ1) is 18.7. The van der Waals surface area contributed by atoms with Gasteiger partial charge in [0.2, 0.25) is 0 Å². The van der Waals surface area contributed by atoms with Crippen LogP contribution in [0.25, 0.3) is 0 Å². The predicted octanol–water partition coefficient (Wildman–Crippen LogP) is 4.09. The molecule has 0 aliphatic heterocycles. The summed E-state index contributed by atoms with van der Waals surface area (Å²) in [5.74, 6) is -1.56. The van der Waals surface area contributed by atoms with Crippen LogP contribution in [0, 0.1) is 0 Å². The third kappa shape index (κ3) is 10.6. The van der Waals surface area contributed by atoms with E-state index in [1.807, 2.05) is 0 Å². The largest absolute Gasteiger partial charge is 0.478 e. The molecule has 20 heavy (non-hydrogen) atoms. The van der Waals surface area contributed by atoms with E-state index in [1.165, 1.54) is 0 Å². The Morgan fingerprint density at radius 1 is 0.950 bits per heavy atom. The minimum absolute atomic E-state index is 0.282. The fourth-order valence-electron chi connectivity index (χ4n) is 1.91. The molecular weight excluding hydrogens is 256 g/mol. The number of rotatable bonds is 12. The highest BCUT2D eigenvalue weighted by atomic mass is 16.5. The number of ether oxygens (including phenoxy) is 1. The lowest BCUT2D eigenvalue weighted by atomic mass is 10.1. The molecule has 0 fully saturated rings. The van der Waals surface area contributed by atoms with E-state index in [0.29, 0.717) is 13.0 Å². The van der Waals surface area contributed by atoms with Crippen molar-refractivity contribution in [3.8, 4) is 0 Å². The number of hydrogen-bond acceptors (Lipinski definition) is 3. The first-order valence-corrected chi connectivity index (χ1v) is 7.72. The lowest BCUT2D eigenvalue weighted by molar-refractivity contribution is -0.140. The molecule has 0 saturated carbocycles. The Balaban J connectivity index is 4.12. The molecular formula is C16H28O4. The first-order valence-electron chi connectivity index (χ1n) is 7.72. The molecule has 0 atom stereocenters. The Morgan fingerprint density at radius 2 is 1.55 bits per heavy atom. The van der Waals surface area contributed by atoms with Crippen LogP contribution < -0.4 is 0 Å². The fourth-order valence-corrected chi connectivity index (χ4v) is 1.91. The van der Waals surface area contributed by atoms with Gasteiger partial charge in [-0.05, 0) is 19.3 Å². The van der Waals surface area contributed by atoms with Gasteiger partial charge in [0.05, 0.1) is 6.61 Å². The number of carboxylic acids is 1. The SMILES string of the molecule is CCCCCCOC(=O)C(=CC(=O)O)CCCCCC. The molecule has 0 bridgehead atoms. The molecule has 116 valence electrons. The van der Waals surface area contributed by atoms with Gasteiger partial charge in [0.1, 0.15) is 0 Å². The average Bonchev–Trinajstić information content (AvgIpc) is 2.41. The monoisotopic (exact) mass is 284 g/mol. The van der Waals surface area contributed by atoms with Crippen molar-refractivity contribution in [1.29, 1.82) is 0 Å². The first-order chi connectivity index (χ1) is 9.61. The third-order valence-corrected chi connectivity index (χ3v) is 3.09. The lowest BCUT2D eigenvalue weighted by Crippen LogP contribution is -2.11. The van der Waals surface area contributed by atoms with Crippen LogP contribution in [-0.4, -0.2) is 23.7 Å². The van der Waals surface area contributed by atoms with Crippen molar-refractivity contribution < 1.29 is 19.4 Å². The van der Waals surface area contributed by atoms with Crippen LogP contribution in [0.5, 0.6) is 0 Å². The second-order valence-corrected chi connectivity index (χ2v) is 5.02. The molecule has 0 unspecified atom stereocenters. The van der Waals surface area contributed by atoms with Crippen molar-refractivity contribution in [2.75, 3.05) is 6.61 Å². The van der Waals surface area contributed by atoms with Crippen molar-refractivity contribution in [2.24, 2.45) is 0 Å². The van der Waals surface area contributed by atoms with Gasteiger partial charge < -0.3 is 9.84 Å². The Kier molecular flexibility index (Phi) is 11.9. The number of esters is 1. The van der Waals surface area contributed by atoms with Crippen molar-refractivity contribution in [3.63, 3.8) is 0 Å². The number of carbonyl (C=O) groups excluding carboxylic acids is 1. The number of carboxylic acid groups (broad SMARTS) is 1. The van der Waals surface area contributed by atoms with Gasteiger partial charge in [0.15, 0.2) is 0 Å². The van der Waals surface area contributed by atoms with E-state index < -0.39 is 11.9 Å². The van der Waals surface area contributed by atoms with Crippen LogP contribution in [0.1, 0.15) is 71.6 Å². The van der Waals surface area contributed by atoms with Crippen LogP contribution in [0.15, 0.2) is 11.6 Å². The molecule has 1 N–H and O–H groups in total. The molecule has 4 heteroatoms. The summed E-state index contributed by atoms with van der Waals surface area (Å²) in [6, 6.07) is 0. The molecule has 0 aromatic rings. The highest BCUT2D eigenvalue weighted by Gasteiger charge is 2.12. The molecule has 4 nitrogen and oxygen atoms in total. The van der Waals surface area contributed by atoms with Crippen molar-refractivity contribution in [2.45, 2.75) is 71.6 Å². The summed E-state index contributed by atoms with van der Waals surface area (Å²) in [6.45, 7) is 4.61. The van der Waals surface area contributed by atoms with Crippen molar-refractivity contribution in [3.05, 3.63) is 11.6 Å². The van der Waals surface area contributed by atoms with E-state index in [1.54, 1.807) is 0 Å². The van der Waals surface area contributed by atoms with Gasteiger partial charge in [-0.2, -0.15) is 0 Å². The summed E-state index contributed by atoms with van der Waals surface area (Å²) in [7, 11) is 0. The summed E-state index contributed by atoms with van der Waals surface area (Å²) in [5.41, 5.74) is 0.282. The molecule has 0 aliphatic carbocycles. The minimum atomic E-state index is -1.08. The summed E-state index contributed by atoms with van der Waals surface area (Å²) >= 11 is 0. The summed E-state index contributed by atoms with van der Waals surface area (Å²) < 4.78 is 5.14. The van der Waals surface area contributed by atoms with Crippen LogP contribution in [0.3, 0.4) is 0 Å². The Morgan fingerprint density at radius 3 is 2.10 bits per heavy atom. The molecule has 0 rings (SSSR count). The van der Waals surface area contributed by atoms with E-state index in [9.17, 15) is 9.59 Å². The standard InChI is InChI=1S/C16H28O4/c1-3-5-7-9-11-14(13-15(17)18)16(19)20-12-10-8-6-4-2/h13H,3-12H2,1-2H3,(H,17,18). The molecule has 0 radical (unpaired) electrons. The fraction of sp³-hybridized carbons (Fsp3) is 0.750. The third-order valence-electron chi connectivity index (χ3n) is 3.09. The van der Waals surface area contributed by atoms with Crippen molar-refractivity contribution in [1.82, 2.24) is 0 Å². The van der Waals surface area contributed by atoms with Crippen LogP contribution >= 0.6 is 0 Å². The molecule has 0 aromatic heterocycles. The van der Waals surface area contributed by atoms with E-state index >= 15 is 0 Å². The maximum atomic E-state index is 11.8. The minimum Gasteiger partial charge on any atom is -0.478 e. The number of aliphatic carboxylic acids is 1. The van der Waals surface area contributed by atoms with Crippen LogP contribution in [-0.2, 0) is 14.3 Å². The van der Waals surface area contributed by atoms with Gasteiger partial charge >= 0.3 is 11.9 Å². The van der Waals surface area contributed by atoms with Gasteiger partial charge in [-0.25, -0.2) is 9.59 Å². The lowest BCUT2D eigenvalue weighted by Gasteiger charge is -2.08. The van der Waals surface area contributed by atoms with Gasteiger partial charge in [0.25, 0.3) is 0 Å². The second-order valence-electron chi connectivity index (χ2n) is 5.02. The zero-order valence-electron chi connectivity index (χ0n) is 12.8. The highest BCUT2D eigenvalue weighted by molar-refractivity contribution is 5.95. The number of unbranched alkanes of at least 4 members (excludes halogenated alkanes) is 6. The smallest absolute Gasteiger partial charge is 0.334 e. The quantitative estimate of drug-likeness (QED) is 0.333. The summed E-state index contributed by atoms with van der Waals surface area (Å²) in [5, 5.41) is 8.79. The van der Waals surface area contributed by atoms with Crippen LogP contribution in [0.4, 0.5) is 0 Å². The number of carbonyl (C=O) groups is 2. The second kappa shape index (κ2) is 12.7. The number of hydrogen-bond donors (Lipinski definition) is 1. The Hall–Kier alpha value is -1.32. The van der Waals surface area contributed by atoms with E-state index in [4.69, 9.17) is 9.84 Å². The van der Waals surface area contributed by atoms with E-state index in [2.05, 4.69) is 13.8 Å². The Labute approximate surface area is 122 Å². The van der Waals surface area contributed by atoms with Gasteiger partial charge in [-0.1, -0.05) is 52.4 Å². The normalized spacial score (nSPS) is 11.4.